The summed E-state index contributed by atoms with van der Waals surface area (Å²) in [5.74, 6) is 2.20. The Balaban J connectivity index is 0.00000243. The third-order valence-electron chi connectivity index (χ3n) is 5.83. The van der Waals surface area contributed by atoms with Gasteiger partial charge in [0.2, 0.25) is 5.91 Å². The number of ether oxygens (including phenoxy) is 1. The van der Waals surface area contributed by atoms with E-state index in [4.69, 9.17) is 10.5 Å². The third-order valence-corrected chi connectivity index (χ3v) is 5.83. The number of carbonyl (C=O) groups is 1. The Hall–Kier alpha value is -1.26. The Labute approximate surface area is 163 Å². The Morgan fingerprint density at radius 1 is 1.19 bits per heavy atom. The van der Waals surface area contributed by atoms with Gasteiger partial charge in [0, 0.05) is 12.1 Å². The first kappa shape index (κ1) is 21.0. The van der Waals surface area contributed by atoms with Gasteiger partial charge in [0.25, 0.3) is 0 Å². The predicted octanol–water partition coefficient (Wildman–Crippen LogP) is 3.71. The Bertz CT molecular complexity index is 588. The summed E-state index contributed by atoms with van der Waals surface area (Å²) >= 11 is 0. The number of halogens is 1. The molecule has 0 spiro atoms. The summed E-state index contributed by atoms with van der Waals surface area (Å²) in [6.45, 7) is 6.15. The van der Waals surface area contributed by atoms with Crippen LogP contribution in [0.3, 0.4) is 0 Å². The molecule has 5 heteroatoms. The van der Waals surface area contributed by atoms with Gasteiger partial charge in [-0.05, 0) is 82.4 Å². The number of fused-ring (bicyclic) bond motifs is 2. The van der Waals surface area contributed by atoms with E-state index in [9.17, 15) is 4.79 Å². The normalized spacial score (nSPS) is 27.9. The van der Waals surface area contributed by atoms with Crippen molar-refractivity contribution in [2.75, 3.05) is 0 Å². The van der Waals surface area contributed by atoms with Gasteiger partial charge >= 0.3 is 0 Å². The summed E-state index contributed by atoms with van der Waals surface area (Å²) in [6.07, 6.45) is 5.62. The van der Waals surface area contributed by atoms with Gasteiger partial charge in [-0.25, -0.2) is 0 Å². The fourth-order valence-electron chi connectivity index (χ4n) is 4.53. The standard InChI is InChI=1S/C21H32N2O2.ClH/c1-13(2)25-18-10-6-15(7-11-18)5-4-14(3)23-21(24)19-16-8-9-17(12-16)20(19)22;/h6-7,10-11,13-14,16-17,19-20H,4-5,8-9,12,22H2,1-3H3,(H,23,24);1H. The summed E-state index contributed by atoms with van der Waals surface area (Å²) in [5.41, 5.74) is 7.55. The van der Waals surface area contributed by atoms with Crippen LogP contribution in [0.2, 0.25) is 0 Å². The van der Waals surface area contributed by atoms with Gasteiger partial charge in [-0.1, -0.05) is 12.1 Å². The van der Waals surface area contributed by atoms with Crippen LogP contribution in [0.5, 0.6) is 5.75 Å². The lowest BCUT2D eigenvalue weighted by atomic mass is 9.84. The largest absolute Gasteiger partial charge is 0.491 e. The summed E-state index contributed by atoms with van der Waals surface area (Å²) in [7, 11) is 0. The third kappa shape index (κ3) is 4.92. The second-order valence-electron chi connectivity index (χ2n) is 8.20. The number of amides is 1. The van der Waals surface area contributed by atoms with Crippen LogP contribution in [0.15, 0.2) is 24.3 Å². The zero-order valence-electron chi connectivity index (χ0n) is 16.1. The van der Waals surface area contributed by atoms with E-state index in [1.54, 1.807) is 0 Å². The van der Waals surface area contributed by atoms with Gasteiger partial charge in [-0.3, -0.25) is 4.79 Å². The molecule has 5 atom stereocenters. The Morgan fingerprint density at radius 2 is 1.85 bits per heavy atom. The molecular formula is C21H33ClN2O2. The van der Waals surface area contributed by atoms with E-state index in [2.05, 4.69) is 24.4 Å². The van der Waals surface area contributed by atoms with E-state index in [-0.39, 0.29) is 42.4 Å². The molecule has 146 valence electrons. The summed E-state index contributed by atoms with van der Waals surface area (Å²) in [5, 5.41) is 3.20. The predicted molar refractivity (Wildman–Crippen MR) is 108 cm³/mol. The lowest BCUT2D eigenvalue weighted by molar-refractivity contribution is -0.127. The Morgan fingerprint density at radius 3 is 2.42 bits per heavy atom. The summed E-state index contributed by atoms with van der Waals surface area (Å²) in [6, 6.07) is 8.50. The maximum atomic E-state index is 12.6. The molecule has 2 fully saturated rings. The Kier molecular flexibility index (Phi) is 7.36. The van der Waals surface area contributed by atoms with Crippen molar-refractivity contribution < 1.29 is 9.53 Å². The molecule has 1 amide bonds. The molecule has 0 aliphatic heterocycles. The quantitative estimate of drug-likeness (QED) is 0.757. The highest BCUT2D eigenvalue weighted by Crippen LogP contribution is 2.47. The lowest BCUT2D eigenvalue weighted by Gasteiger charge is -2.28. The number of hydrogen-bond acceptors (Lipinski definition) is 3. The van der Waals surface area contributed by atoms with E-state index < -0.39 is 0 Å². The first-order chi connectivity index (χ1) is 11.9. The summed E-state index contributed by atoms with van der Waals surface area (Å²) in [4.78, 5) is 12.6. The van der Waals surface area contributed by atoms with Crippen molar-refractivity contribution in [1.82, 2.24) is 5.32 Å². The number of nitrogens with two attached hydrogens (primary N) is 1. The van der Waals surface area contributed by atoms with Gasteiger partial charge in [0.15, 0.2) is 0 Å². The highest BCUT2D eigenvalue weighted by molar-refractivity contribution is 5.85. The molecule has 3 rings (SSSR count). The van der Waals surface area contributed by atoms with Crippen molar-refractivity contribution >= 4 is 18.3 Å². The van der Waals surface area contributed by atoms with Gasteiger partial charge in [-0.2, -0.15) is 0 Å². The monoisotopic (exact) mass is 380 g/mol. The molecule has 0 aromatic heterocycles. The van der Waals surface area contributed by atoms with Crippen LogP contribution in [0.4, 0.5) is 0 Å². The van der Waals surface area contributed by atoms with Gasteiger partial charge < -0.3 is 15.8 Å². The number of rotatable bonds is 7. The van der Waals surface area contributed by atoms with Gasteiger partial charge in [-0.15, -0.1) is 12.4 Å². The minimum Gasteiger partial charge on any atom is -0.491 e. The number of aryl methyl sites for hydroxylation is 1. The van der Waals surface area contributed by atoms with Gasteiger partial charge in [0.1, 0.15) is 5.75 Å². The molecular weight excluding hydrogens is 348 g/mol. The molecule has 2 bridgehead atoms. The SMILES string of the molecule is CC(CCc1ccc(OC(C)C)cc1)NC(=O)C1C2CCC(C2)C1N.Cl. The van der Waals surface area contributed by atoms with E-state index in [1.165, 1.54) is 18.4 Å². The van der Waals surface area contributed by atoms with E-state index >= 15 is 0 Å². The fourth-order valence-corrected chi connectivity index (χ4v) is 4.53. The first-order valence-electron chi connectivity index (χ1n) is 9.75. The zero-order valence-corrected chi connectivity index (χ0v) is 16.9. The number of carbonyl (C=O) groups excluding carboxylic acids is 1. The average molecular weight is 381 g/mol. The smallest absolute Gasteiger partial charge is 0.225 e. The lowest BCUT2D eigenvalue weighted by Crippen LogP contribution is -2.47. The van der Waals surface area contributed by atoms with Crippen LogP contribution in [0.1, 0.15) is 52.0 Å². The minimum absolute atomic E-state index is 0. The highest BCUT2D eigenvalue weighted by atomic mass is 35.5. The van der Waals surface area contributed by atoms with E-state index in [0.717, 1.165) is 25.0 Å². The van der Waals surface area contributed by atoms with Crippen LogP contribution in [0, 0.1) is 17.8 Å². The van der Waals surface area contributed by atoms with Gasteiger partial charge in [0.05, 0.1) is 12.0 Å². The zero-order chi connectivity index (χ0) is 18.0. The van der Waals surface area contributed by atoms with Crippen molar-refractivity contribution in [2.45, 2.75) is 71.1 Å². The first-order valence-corrected chi connectivity index (χ1v) is 9.75. The number of benzene rings is 1. The van der Waals surface area contributed by atoms with E-state index in [0.29, 0.717) is 11.8 Å². The highest BCUT2D eigenvalue weighted by Gasteiger charge is 2.49. The van der Waals surface area contributed by atoms with Crippen LogP contribution in [-0.2, 0) is 11.2 Å². The fraction of sp³-hybridized carbons (Fsp3) is 0.667. The van der Waals surface area contributed by atoms with E-state index in [1.807, 2.05) is 26.0 Å². The van der Waals surface area contributed by atoms with Crippen molar-refractivity contribution in [1.29, 1.82) is 0 Å². The number of hydrogen-bond donors (Lipinski definition) is 2. The molecule has 3 N–H and O–H groups in total. The topological polar surface area (TPSA) is 64.3 Å². The maximum Gasteiger partial charge on any atom is 0.225 e. The van der Waals surface area contributed by atoms with Crippen LogP contribution < -0.4 is 15.8 Å². The maximum absolute atomic E-state index is 12.6. The molecule has 4 nitrogen and oxygen atoms in total. The summed E-state index contributed by atoms with van der Waals surface area (Å²) < 4.78 is 5.67. The molecule has 5 unspecified atom stereocenters. The molecule has 2 aliphatic carbocycles. The molecule has 2 saturated carbocycles. The molecule has 0 radical (unpaired) electrons. The van der Waals surface area contributed by atoms with Crippen molar-refractivity contribution in [3.63, 3.8) is 0 Å². The molecule has 1 aromatic carbocycles. The average Bonchev–Trinajstić information content (AvgIpc) is 3.14. The molecule has 1 aromatic rings. The second kappa shape index (κ2) is 9.09. The van der Waals surface area contributed by atoms with Crippen molar-refractivity contribution in [3.05, 3.63) is 29.8 Å². The van der Waals surface area contributed by atoms with Crippen LogP contribution in [0.25, 0.3) is 0 Å². The molecule has 26 heavy (non-hydrogen) atoms. The van der Waals surface area contributed by atoms with Crippen molar-refractivity contribution in [2.24, 2.45) is 23.5 Å². The molecule has 0 heterocycles. The molecule has 2 aliphatic rings. The van der Waals surface area contributed by atoms with Crippen molar-refractivity contribution in [3.8, 4) is 5.75 Å². The second-order valence-corrected chi connectivity index (χ2v) is 8.20. The van der Waals surface area contributed by atoms with Crippen LogP contribution in [-0.4, -0.2) is 24.1 Å². The number of nitrogens with one attached hydrogen (secondary N) is 1. The minimum atomic E-state index is 0. The molecule has 0 saturated heterocycles. The van der Waals surface area contributed by atoms with Crippen LogP contribution >= 0.6 is 12.4 Å².